The van der Waals surface area contributed by atoms with E-state index in [4.69, 9.17) is 9.72 Å². The number of thioether (sulfide) groups is 1. The minimum absolute atomic E-state index is 0.0867. The molecule has 0 radical (unpaired) electrons. The van der Waals surface area contributed by atoms with Gasteiger partial charge in [-0.25, -0.2) is 4.98 Å². The number of nitrogens with zero attached hydrogens (tertiary/aromatic N) is 2. The lowest BCUT2D eigenvalue weighted by molar-refractivity contribution is -0.137. The van der Waals surface area contributed by atoms with Crippen LogP contribution in [0.2, 0.25) is 0 Å². The van der Waals surface area contributed by atoms with Gasteiger partial charge >= 0.3 is 5.97 Å². The van der Waals surface area contributed by atoms with E-state index in [0.29, 0.717) is 23.6 Å². The summed E-state index contributed by atoms with van der Waals surface area (Å²) in [6.45, 7) is 6.37. The number of hydrogen-bond donors (Lipinski definition) is 0. The van der Waals surface area contributed by atoms with Crippen LogP contribution in [-0.4, -0.2) is 27.4 Å². The van der Waals surface area contributed by atoms with Crippen LogP contribution < -0.4 is 5.56 Å². The Balaban J connectivity index is 1.97. The predicted octanol–water partition coefficient (Wildman–Crippen LogP) is 3.78. The molecule has 1 aliphatic rings. The Kier molecular flexibility index (Phi) is 4.36. The molecule has 0 aliphatic carbocycles. The van der Waals surface area contributed by atoms with Crippen molar-refractivity contribution >= 4 is 39.3 Å². The summed E-state index contributed by atoms with van der Waals surface area (Å²) in [6.07, 6.45) is 0.633. The third-order valence-electron chi connectivity index (χ3n) is 4.57. The number of aromatic nitrogens is 2. The van der Waals surface area contributed by atoms with E-state index in [-0.39, 0.29) is 16.8 Å². The molecule has 1 fully saturated rings. The second-order valence-electron chi connectivity index (χ2n) is 6.40. The van der Waals surface area contributed by atoms with Gasteiger partial charge in [-0.1, -0.05) is 23.9 Å². The van der Waals surface area contributed by atoms with E-state index in [1.807, 2.05) is 45.0 Å². The van der Waals surface area contributed by atoms with E-state index in [1.54, 1.807) is 4.57 Å². The van der Waals surface area contributed by atoms with Crippen molar-refractivity contribution in [3.63, 3.8) is 0 Å². The van der Waals surface area contributed by atoms with Crippen LogP contribution in [0.3, 0.4) is 0 Å². The number of rotatable bonds is 3. The summed E-state index contributed by atoms with van der Waals surface area (Å²) in [7, 11) is 0. The van der Waals surface area contributed by atoms with Gasteiger partial charge in [-0.2, -0.15) is 0 Å². The number of ether oxygens (including phenoxy) is 1. The molecule has 7 heteroatoms. The largest absolute Gasteiger partial charge is 0.465 e. The summed E-state index contributed by atoms with van der Waals surface area (Å²) >= 11 is 2.83. The molecule has 1 aromatic carbocycles. The molecular weight excluding hydrogens is 368 g/mol. The highest BCUT2D eigenvalue weighted by molar-refractivity contribution is 8.00. The van der Waals surface area contributed by atoms with Gasteiger partial charge in [0.1, 0.15) is 10.1 Å². The molecule has 3 heterocycles. The van der Waals surface area contributed by atoms with Crippen molar-refractivity contribution in [1.82, 2.24) is 9.55 Å². The van der Waals surface area contributed by atoms with Gasteiger partial charge in [0, 0.05) is 11.3 Å². The first-order valence-corrected chi connectivity index (χ1v) is 10.1. The molecule has 1 atom stereocenters. The number of benzene rings is 1. The fourth-order valence-electron chi connectivity index (χ4n) is 3.06. The Morgan fingerprint density at radius 3 is 2.77 bits per heavy atom. The highest BCUT2D eigenvalue weighted by Gasteiger charge is 2.30. The smallest absolute Gasteiger partial charge is 0.319 e. The molecule has 0 spiro atoms. The van der Waals surface area contributed by atoms with E-state index < -0.39 is 0 Å². The third-order valence-corrected chi connectivity index (χ3v) is 6.87. The summed E-state index contributed by atoms with van der Waals surface area (Å²) in [5.41, 5.74) is 2.71. The summed E-state index contributed by atoms with van der Waals surface area (Å²) in [5.74, 6) is -0.237. The van der Waals surface area contributed by atoms with Crippen LogP contribution in [-0.2, 0) is 9.53 Å². The van der Waals surface area contributed by atoms with Crippen molar-refractivity contribution < 1.29 is 9.53 Å². The van der Waals surface area contributed by atoms with Gasteiger partial charge in [0.05, 0.1) is 17.7 Å². The van der Waals surface area contributed by atoms with E-state index in [9.17, 15) is 9.59 Å². The van der Waals surface area contributed by atoms with E-state index in [1.165, 1.54) is 23.1 Å². The number of fused-ring (bicyclic) bond motifs is 1. The highest BCUT2D eigenvalue weighted by Crippen LogP contribution is 2.33. The van der Waals surface area contributed by atoms with Gasteiger partial charge in [-0.3, -0.25) is 14.2 Å². The molecule has 0 N–H and O–H groups in total. The molecule has 2 aromatic heterocycles. The quantitative estimate of drug-likeness (QED) is 0.506. The minimum Gasteiger partial charge on any atom is -0.465 e. The van der Waals surface area contributed by atoms with Crippen molar-refractivity contribution in [2.45, 2.75) is 37.6 Å². The first-order chi connectivity index (χ1) is 12.5. The number of carbonyl (C=O) groups excluding carboxylic acids is 1. The Morgan fingerprint density at radius 2 is 2.08 bits per heavy atom. The topological polar surface area (TPSA) is 61.2 Å². The van der Waals surface area contributed by atoms with Gasteiger partial charge in [0.25, 0.3) is 5.56 Å². The maximum atomic E-state index is 13.4. The van der Waals surface area contributed by atoms with Crippen LogP contribution in [0.4, 0.5) is 0 Å². The van der Waals surface area contributed by atoms with Gasteiger partial charge in [0.15, 0.2) is 5.16 Å². The zero-order chi connectivity index (χ0) is 18.4. The lowest BCUT2D eigenvalue weighted by atomic mass is 10.2. The van der Waals surface area contributed by atoms with E-state index in [0.717, 1.165) is 26.5 Å². The second kappa shape index (κ2) is 6.55. The monoisotopic (exact) mass is 386 g/mol. The van der Waals surface area contributed by atoms with Crippen molar-refractivity contribution in [2.75, 3.05) is 6.61 Å². The standard InChI is InChI=1S/C19H18N2O3S2/c1-10-5-4-6-13(9-10)21-17(22)15-11(2)12(3)25-16(15)20-19(21)26-14-7-8-24-18(14)23/h4-6,9,14H,7-8H2,1-3H3/t14-/m1/s1. The summed E-state index contributed by atoms with van der Waals surface area (Å²) in [5, 5.41) is 0.878. The molecule has 0 unspecified atom stereocenters. The average molecular weight is 386 g/mol. The van der Waals surface area contributed by atoms with Crippen LogP contribution >= 0.6 is 23.1 Å². The van der Waals surface area contributed by atoms with Crippen LogP contribution in [0.1, 0.15) is 22.4 Å². The number of aryl methyl sites for hydroxylation is 3. The molecule has 26 heavy (non-hydrogen) atoms. The third kappa shape index (κ3) is 2.85. The normalized spacial score (nSPS) is 17.0. The zero-order valence-electron chi connectivity index (χ0n) is 14.7. The number of cyclic esters (lactones) is 1. The molecular formula is C19H18N2O3S2. The van der Waals surface area contributed by atoms with Gasteiger partial charge in [0.2, 0.25) is 0 Å². The van der Waals surface area contributed by atoms with Gasteiger partial charge < -0.3 is 4.74 Å². The number of thiophene rings is 1. The lowest BCUT2D eigenvalue weighted by Gasteiger charge is -2.14. The molecule has 1 saturated heterocycles. The maximum Gasteiger partial charge on any atom is 0.319 e. The fraction of sp³-hybridized carbons (Fsp3) is 0.316. The van der Waals surface area contributed by atoms with Crippen molar-refractivity contribution in [1.29, 1.82) is 0 Å². The molecule has 4 rings (SSSR count). The lowest BCUT2D eigenvalue weighted by Crippen LogP contribution is -2.23. The minimum atomic E-state index is -0.322. The second-order valence-corrected chi connectivity index (χ2v) is 8.77. The Morgan fingerprint density at radius 1 is 1.27 bits per heavy atom. The first-order valence-electron chi connectivity index (χ1n) is 8.39. The van der Waals surface area contributed by atoms with Gasteiger partial charge in [-0.05, 0) is 44.0 Å². The summed E-state index contributed by atoms with van der Waals surface area (Å²) in [4.78, 5) is 31.9. The zero-order valence-corrected chi connectivity index (χ0v) is 16.4. The number of hydrogen-bond acceptors (Lipinski definition) is 6. The Bertz CT molecular complexity index is 1080. The molecule has 0 amide bonds. The molecule has 0 saturated carbocycles. The van der Waals surface area contributed by atoms with Crippen molar-refractivity contribution in [2.24, 2.45) is 0 Å². The van der Waals surface area contributed by atoms with E-state index >= 15 is 0 Å². The summed E-state index contributed by atoms with van der Waals surface area (Å²) < 4.78 is 6.70. The Hall–Kier alpha value is -2.12. The Labute approximate surface area is 159 Å². The molecule has 1 aliphatic heterocycles. The molecule has 134 valence electrons. The van der Waals surface area contributed by atoms with Crippen LogP contribution in [0, 0.1) is 20.8 Å². The SMILES string of the molecule is Cc1cccc(-n2c(S[C@@H]3CCOC3=O)nc3sc(C)c(C)c3c2=O)c1. The van der Waals surface area contributed by atoms with Crippen molar-refractivity contribution in [3.8, 4) is 5.69 Å². The highest BCUT2D eigenvalue weighted by atomic mass is 32.2. The maximum absolute atomic E-state index is 13.4. The summed E-state index contributed by atoms with van der Waals surface area (Å²) in [6, 6.07) is 7.76. The van der Waals surface area contributed by atoms with Crippen LogP contribution in [0.25, 0.3) is 15.9 Å². The van der Waals surface area contributed by atoms with E-state index in [2.05, 4.69) is 0 Å². The van der Waals surface area contributed by atoms with Gasteiger partial charge in [-0.15, -0.1) is 11.3 Å². The van der Waals surface area contributed by atoms with Crippen molar-refractivity contribution in [3.05, 3.63) is 50.6 Å². The molecule has 5 nitrogen and oxygen atoms in total. The average Bonchev–Trinajstić information content (AvgIpc) is 3.11. The molecule has 3 aromatic rings. The molecule has 0 bridgehead atoms. The number of carbonyl (C=O) groups is 1. The van der Waals surface area contributed by atoms with Crippen LogP contribution in [0.15, 0.2) is 34.2 Å². The number of esters is 1. The fourth-order valence-corrected chi connectivity index (χ4v) is 5.21. The first kappa shape index (κ1) is 17.3. The predicted molar refractivity (Wildman–Crippen MR) is 105 cm³/mol. The van der Waals surface area contributed by atoms with Crippen LogP contribution in [0.5, 0.6) is 0 Å².